The van der Waals surface area contributed by atoms with Gasteiger partial charge in [0.05, 0.1) is 19.8 Å². The Morgan fingerprint density at radius 3 is 2.23 bits per heavy atom. The van der Waals surface area contributed by atoms with Gasteiger partial charge in [0.15, 0.2) is 6.61 Å². The van der Waals surface area contributed by atoms with Crippen molar-refractivity contribution in [2.24, 2.45) is 0 Å². The molecule has 130 valence electrons. The highest BCUT2D eigenvalue weighted by Gasteiger charge is 2.16. The molecule has 0 aromatic carbocycles. The van der Waals surface area contributed by atoms with Gasteiger partial charge in [-0.1, -0.05) is 6.92 Å². The van der Waals surface area contributed by atoms with E-state index >= 15 is 0 Å². The molecule has 0 rings (SSSR count). The van der Waals surface area contributed by atoms with Gasteiger partial charge in [-0.3, -0.25) is 9.63 Å². The van der Waals surface area contributed by atoms with Gasteiger partial charge >= 0.3 is 6.09 Å². The molecule has 2 N–H and O–H groups in total. The fraction of sp³-hybridized carbons (Fsp3) is 0.857. The Morgan fingerprint density at radius 1 is 1.00 bits per heavy atom. The molecular weight excluding hydrogens is 292 g/mol. The SMILES string of the molecule is CCCOCCOCCNC(=O)CONC(=O)OC(C)(C)C. The van der Waals surface area contributed by atoms with E-state index in [-0.39, 0.29) is 12.5 Å². The van der Waals surface area contributed by atoms with Crippen LogP contribution in [0.3, 0.4) is 0 Å². The number of carbonyl (C=O) groups is 2. The van der Waals surface area contributed by atoms with Gasteiger partial charge in [-0.05, 0) is 27.2 Å². The highest BCUT2D eigenvalue weighted by molar-refractivity contribution is 5.77. The lowest BCUT2D eigenvalue weighted by Crippen LogP contribution is -2.37. The first-order valence-electron chi connectivity index (χ1n) is 7.38. The predicted octanol–water partition coefficient (Wildman–Crippen LogP) is 1.00. The molecule has 0 spiro atoms. The first kappa shape index (κ1) is 20.6. The average molecular weight is 320 g/mol. The average Bonchev–Trinajstić information content (AvgIpc) is 2.39. The van der Waals surface area contributed by atoms with Gasteiger partial charge in [-0.15, -0.1) is 0 Å². The third kappa shape index (κ3) is 15.0. The minimum absolute atomic E-state index is 0.293. The fourth-order valence-corrected chi connectivity index (χ4v) is 1.24. The number of ether oxygens (including phenoxy) is 3. The van der Waals surface area contributed by atoms with Crippen LogP contribution in [0.2, 0.25) is 0 Å². The topological polar surface area (TPSA) is 95.1 Å². The molecule has 0 heterocycles. The lowest BCUT2D eigenvalue weighted by atomic mass is 10.2. The van der Waals surface area contributed by atoms with Gasteiger partial charge in [-0.2, -0.15) is 5.48 Å². The number of hydrogen-bond acceptors (Lipinski definition) is 6. The van der Waals surface area contributed by atoms with E-state index in [0.29, 0.717) is 26.4 Å². The van der Waals surface area contributed by atoms with Crippen molar-refractivity contribution in [1.29, 1.82) is 0 Å². The van der Waals surface area contributed by atoms with Gasteiger partial charge in [0.25, 0.3) is 0 Å². The van der Waals surface area contributed by atoms with Gasteiger partial charge in [0, 0.05) is 13.2 Å². The summed E-state index contributed by atoms with van der Waals surface area (Å²) in [6, 6.07) is 0. The molecule has 0 aliphatic carbocycles. The lowest BCUT2D eigenvalue weighted by molar-refractivity contribution is -0.128. The number of amides is 2. The Labute approximate surface area is 131 Å². The van der Waals surface area contributed by atoms with Crippen LogP contribution in [0.5, 0.6) is 0 Å². The van der Waals surface area contributed by atoms with Gasteiger partial charge in [0.2, 0.25) is 5.91 Å². The Kier molecular flexibility index (Phi) is 11.4. The number of rotatable bonds is 11. The van der Waals surface area contributed by atoms with Crippen molar-refractivity contribution in [2.75, 3.05) is 39.6 Å². The number of carbonyl (C=O) groups excluding carboxylic acids is 2. The standard InChI is InChI=1S/C14H28N2O6/c1-5-7-19-9-10-20-8-6-15-12(17)11-21-16-13(18)22-14(2,3)4/h5-11H2,1-4H3,(H,15,17)(H,16,18). The van der Waals surface area contributed by atoms with Crippen LogP contribution in [0, 0.1) is 0 Å². The van der Waals surface area contributed by atoms with Crippen LogP contribution in [-0.4, -0.2) is 57.2 Å². The maximum Gasteiger partial charge on any atom is 0.431 e. The van der Waals surface area contributed by atoms with E-state index in [1.807, 2.05) is 12.4 Å². The third-order valence-corrected chi connectivity index (χ3v) is 2.05. The van der Waals surface area contributed by atoms with Crippen molar-refractivity contribution in [3.05, 3.63) is 0 Å². The predicted molar refractivity (Wildman–Crippen MR) is 80.3 cm³/mol. The van der Waals surface area contributed by atoms with Crippen molar-refractivity contribution in [2.45, 2.75) is 39.7 Å². The molecular formula is C14H28N2O6. The molecule has 0 aliphatic rings. The van der Waals surface area contributed by atoms with Gasteiger partial charge < -0.3 is 19.5 Å². The van der Waals surface area contributed by atoms with E-state index in [4.69, 9.17) is 19.0 Å². The van der Waals surface area contributed by atoms with Crippen molar-refractivity contribution >= 4 is 12.0 Å². The van der Waals surface area contributed by atoms with Crippen molar-refractivity contribution in [3.63, 3.8) is 0 Å². The summed E-state index contributed by atoms with van der Waals surface area (Å²) < 4.78 is 15.4. The molecule has 0 aromatic rings. The zero-order valence-corrected chi connectivity index (χ0v) is 13.9. The maximum absolute atomic E-state index is 11.4. The molecule has 0 unspecified atom stereocenters. The Bertz CT molecular complexity index is 317. The Balaban J connectivity index is 3.42. The molecule has 2 amide bonds. The Hall–Kier alpha value is -1.38. The fourth-order valence-electron chi connectivity index (χ4n) is 1.24. The highest BCUT2D eigenvalue weighted by atomic mass is 16.7. The molecule has 0 atom stereocenters. The summed E-state index contributed by atoms with van der Waals surface area (Å²) in [5, 5.41) is 2.58. The van der Waals surface area contributed by atoms with Crippen molar-refractivity contribution in [3.8, 4) is 0 Å². The normalized spacial score (nSPS) is 11.1. The molecule has 0 fully saturated rings. The van der Waals surface area contributed by atoms with Crippen LogP contribution in [0.25, 0.3) is 0 Å². The Morgan fingerprint density at radius 2 is 1.64 bits per heavy atom. The first-order chi connectivity index (χ1) is 10.3. The molecule has 0 aromatic heterocycles. The quantitative estimate of drug-likeness (QED) is 0.436. The number of nitrogens with one attached hydrogen (secondary N) is 2. The molecule has 0 bridgehead atoms. The number of hydroxylamine groups is 1. The zero-order valence-electron chi connectivity index (χ0n) is 13.9. The zero-order chi connectivity index (χ0) is 16.8. The van der Waals surface area contributed by atoms with E-state index < -0.39 is 11.7 Å². The summed E-state index contributed by atoms with van der Waals surface area (Å²) in [6.45, 7) is 9.45. The summed E-state index contributed by atoms with van der Waals surface area (Å²) >= 11 is 0. The minimum atomic E-state index is -0.740. The van der Waals surface area contributed by atoms with Crippen LogP contribution in [0.15, 0.2) is 0 Å². The van der Waals surface area contributed by atoms with E-state index in [1.165, 1.54) is 0 Å². The third-order valence-electron chi connectivity index (χ3n) is 2.05. The summed E-state index contributed by atoms with van der Waals surface area (Å²) in [5.41, 5.74) is 1.41. The van der Waals surface area contributed by atoms with E-state index in [2.05, 4.69) is 5.32 Å². The monoisotopic (exact) mass is 320 g/mol. The summed E-state index contributed by atoms with van der Waals surface area (Å²) in [7, 11) is 0. The van der Waals surface area contributed by atoms with Crippen LogP contribution >= 0.6 is 0 Å². The minimum Gasteiger partial charge on any atom is -0.442 e. The second-order valence-corrected chi connectivity index (χ2v) is 5.47. The lowest BCUT2D eigenvalue weighted by Gasteiger charge is -2.19. The van der Waals surface area contributed by atoms with Crippen molar-refractivity contribution in [1.82, 2.24) is 10.8 Å². The summed E-state index contributed by atoms with van der Waals surface area (Å²) in [6.07, 6.45) is 0.239. The molecule has 0 aliphatic heterocycles. The van der Waals surface area contributed by atoms with Crippen LogP contribution in [0.1, 0.15) is 34.1 Å². The summed E-state index contributed by atoms with van der Waals surface area (Å²) in [4.78, 5) is 27.3. The van der Waals surface area contributed by atoms with Gasteiger partial charge in [-0.25, -0.2) is 4.79 Å². The molecule has 8 nitrogen and oxygen atoms in total. The van der Waals surface area contributed by atoms with E-state index in [0.717, 1.165) is 13.0 Å². The van der Waals surface area contributed by atoms with Crippen LogP contribution in [0.4, 0.5) is 4.79 Å². The number of hydrogen-bond donors (Lipinski definition) is 2. The van der Waals surface area contributed by atoms with E-state index in [1.54, 1.807) is 20.8 Å². The molecule has 0 saturated heterocycles. The van der Waals surface area contributed by atoms with Crippen molar-refractivity contribution < 1.29 is 28.6 Å². The summed E-state index contributed by atoms with van der Waals surface area (Å²) in [5.74, 6) is -0.359. The molecule has 22 heavy (non-hydrogen) atoms. The maximum atomic E-state index is 11.4. The molecule has 0 saturated carbocycles. The van der Waals surface area contributed by atoms with Crippen LogP contribution in [-0.2, 0) is 23.8 Å². The highest BCUT2D eigenvalue weighted by Crippen LogP contribution is 2.06. The second-order valence-electron chi connectivity index (χ2n) is 5.47. The largest absolute Gasteiger partial charge is 0.442 e. The first-order valence-corrected chi connectivity index (χ1v) is 7.38. The van der Waals surface area contributed by atoms with Gasteiger partial charge in [0.1, 0.15) is 5.60 Å². The van der Waals surface area contributed by atoms with Crippen LogP contribution < -0.4 is 10.8 Å². The van der Waals surface area contributed by atoms with E-state index in [9.17, 15) is 9.59 Å². The molecule has 0 radical (unpaired) electrons. The molecule has 8 heteroatoms. The second kappa shape index (κ2) is 12.2. The smallest absolute Gasteiger partial charge is 0.431 e.